The fourth-order valence-corrected chi connectivity index (χ4v) is 2.68. The number of nitrogens with zero attached hydrogens (tertiary/aromatic N) is 3. The van der Waals surface area contributed by atoms with Crippen molar-refractivity contribution in [1.82, 2.24) is 14.5 Å². The third-order valence-electron chi connectivity index (χ3n) is 3.07. The van der Waals surface area contributed by atoms with Crippen molar-refractivity contribution >= 4 is 17.6 Å². The second kappa shape index (κ2) is 5.38. The quantitative estimate of drug-likeness (QED) is 0.749. The number of imidazole rings is 1. The number of rotatable bonds is 3. The zero-order chi connectivity index (χ0) is 13.9. The maximum absolute atomic E-state index is 5.64. The summed E-state index contributed by atoms with van der Waals surface area (Å²) < 4.78 is 2.07. The molecule has 2 N–H and O–H groups in total. The Kier molecular flexibility index (Phi) is 3.43. The third-order valence-corrected chi connectivity index (χ3v) is 3.85. The number of pyridine rings is 1. The maximum Gasteiger partial charge on any atom is 0.123 e. The smallest absolute Gasteiger partial charge is 0.123 e. The highest BCUT2D eigenvalue weighted by Gasteiger charge is 2.10. The molecule has 0 unspecified atom stereocenters. The minimum atomic E-state index is 0.518. The van der Waals surface area contributed by atoms with E-state index >= 15 is 0 Å². The van der Waals surface area contributed by atoms with Crippen LogP contribution in [0.2, 0.25) is 0 Å². The molecule has 3 aromatic rings. The molecule has 2 heterocycles. The Bertz CT molecular complexity index is 719. The van der Waals surface area contributed by atoms with E-state index in [2.05, 4.69) is 32.9 Å². The molecule has 20 heavy (non-hydrogen) atoms. The summed E-state index contributed by atoms with van der Waals surface area (Å²) in [6, 6.07) is 12.0. The molecule has 0 aliphatic carbocycles. The zero-order valence-corrected chi connectivity index (χ0v) is 11.8. The summed E-state index contributed by atoms with van der Waals surface area (Å²) >= 11 is 1.72. The van der Waals surface area contributed by atoms with Crippen molar-refractivity contribution < 1.29 is 0 Å². The second-order valence-electron chi connectivity index (χ2n) is 4.29. The number of hydrogen-bond acceptors (Lipinski definition) is 4. The molecule has 0 aliphatic heterocycles. The number of anilines is 1. The van der Waals surface area contributed by atoms with E-state index in [-0.39, 0.29) is 0 Å². The van der Waals surface area contributed by atoms with Gasteiger partial charge >= 0.3 is 0 Å². The third kappa shape index (κ3) is 2.28. The number of benzene rings is 1. The largest absolute Gasteiger partial charge is 0.384 e. The fourth-order valence-electron chi connectivity index (χ4n) is 2.09. The first kappa shape index (κ1) is 12.7. The lowest BCUT2D eigenvalue weighted by Crippen LogP contribution is -1.98. The van der Waals surface area contributed by atoms with Crippen molar-refractivity contribution in [3.63, 3.8) is 0 Å². The van der Waals surface area contributed by atoms with Gasteiger partial charge in [-0.1, -0.05) is 12.1 Å². The molecule has 100 valence electrons. The van der Waals surface area contributed by atoms with Crippen LogP contribution in [0.25, 0.3) is 16.9 Å². The van der Waals surface area contributed by atoms with E-state index in [1.165, 1.54) is 4.90 Å². The Morgan fingerprint density at radius 2 is 1.95 bits per heavy atom. The van der Waals surface area contributed by atoms with Crippen LogP contribution in [0.3, 0.4) is 0 Å². The van der Waals surface area contributed by atoms with Crippen molar-refractivity contribution in [3.05, 3.63) is 55.1 Å². The Balaban J connectivity index is 2.13. The molecule has 4 nitrogen and oxygen atoms in total. The molecule has 0 bridgehead atoms. The minimum Gasteiger partial charge on any atom is -0.384 e. The highest BCUT2D eigenvalue weighted by Crippen LogP contribution is 2.28. The SMILES string of the molecule is CSc1ccccc1-n1cncc1-c1ccc(N)nc1. The van der Waals surface area contributed by atoms with Gasteiger partial charge in [-0.15, -0.1) is 11.8 Å². The number of aromatic nitrogens is 3. The van der Waals surface area contributed by atoms with Gasteiger partial charge in [0.25, 0.3) is 0 Å². The van der Waals surface area contributed by atoms with Crippen LogP contribution in [0.4, 0.5) is 5.82 Å². The number of nitrogen functional groups attached to an aromatic ring is 1. The molecule has 3 rings (SSSR count). The van der Waals surface area contributed by atoms with Crippen LogP contribution in [0.1, 0.15) is 0 Å². The van der Waals surface area contributed by atoms with E-state index < -0.39 is 0 Å². The molecular formula is C15H14N4S. The van der Waals surface area contributed by atoms with Gasteiger partial charge in [0, 0.05) is 16.7 Å². The van der Waals surface area contributed by atoms with Crippen molar-refractivity contribution in [2.45, 2.75) is 4.90 Å². The van der Waals surface area contributed by atoms with Crippen molar-refractivity contribution in [1.29, 1.82) is 0 Å². The molecule has 0 atom stereocenters. The van der Waals surface area contributed by atoms with Crippen molar-refractivity contribution in [3.8, 4) is 16.9 Å². The Morgan fingerprint density at radius 3 is 2.70 bits per heavy atom. The van der Waals surface area contributed by atoms with Crippen LogP contribution < -0.4 is 5.73 Å². The average molecular weight is 282 g/mol. The summed E-state index contributed by atoms with van der Waals surface area (Å²) in [5, 5.41) is 0. The summed E-state index contributed by atoms with van der Waals surface area (Å²) in [5.74, 6) is 0.518. The zero-order valence-electron chi connectivity index (χ0n) is 11.0. The lowest BCUT2D eigenvalue weighted by Gasteiger charge is -2.11. The summed E-state index contributed by atoms with van der Waals surface area (Å²) in [6.45, 7) is 0. The van der Waals surface area contributed by atoms with Crippen molar-refractivity contribution in [2.24, 2.45) is 0 Å². The predicted molar refractivity (Wildman–Crippen MR) is 83.0 cm³/mol. The topological polar surface area (TPSA) is 56.7 Å². The first-order valence-corrected chi connectivity index (χ1v) is 7.39. The maximum atomic E-state index is 5.64. The molecule has 1 aromatic carbocycles. The normalized spacial score (nSPS) is 10.7. The first-order valence-electron chi connectivity index (χ1n) is 6.17. The van der Waals surface area contributed by atoms with E-state index in [9.17, 15) is 0 Å². The average Bonchev–Trinajstić information content (AvgIpc) is 2.97. The van der Waals surface area contributed by atoms with E-state index in [0.29, 0.717) is 5.82 Å². The summed E-state index contributed by atoms with van der Waals surface area (Å²) in [7, 11) is 0. The van der Waals surface area contributed by atoms with Gasteiger partial charge in [0.05, 0.1) is 23.9 Å². The molecule has 0 saturated carbocycles. The molecule has 0 aliphatic rings. The van der Waals surface area contributed by atoms with Crippen LogP contribution in [-0.2, 0) is 0 Å². The first-order chi connectivity index (χ1) is 9.79. The molecule has 0 saturated heterocycles. The monoisotopic (exact) mass is 282 g/mol. The summed E-state index contributed by atoms with van der Waals surface area (Å²) in [6.07, 6.45) is 7.50. The van der Waals surface area contributed by atoms with E-state index in [1.807, 2.05) is 30.7 Å². The van der Waals surface area contributed by atoms with Crippen LogP contribution in [0, 0.1) is 0 Å². The van der Waals surface area contributed by atoms with Crippen molar-refractivity contribution in [2.75, 3.05) is 12.0 Å². The van der Waals surface area contributed by atoms with Crippen LogP contribution in [0.5, 0.6) is 0 Å². The van der Waals surface area contributed by atoms with Gasteiger partial charge in [0.1, 0.15) is 5.82 Å². The van der Waals surface area contributed by atoms with Gasteiger partial charge in [0.2, 0.25) is 0 Å². The van der Waals surface area contributed by atoms with Crippen LogP contribution >= 0.6 is 11.8 Å². The van der Waals surface area contributed by atoms with Gasteiger partial charge in [-0.2, -0.15) is 0 Å². The number of hydrogen-bond donors (Lipinski definition) is 1. The van der Waals surface area contributed by atoms with Crippen LogP contribution in [-0.4, -0.2) is 20.8 Å². The number of para-hydroxylation sites is 1. The van der Waals surface area contributed by atoms with Gasteiger partial charge in [-0.05, 0) is 30.5 Å². The van der Waals surface area contributed by atoms with E-state index in [4.69, 9.17) is 5.73 Å². The summed E-state index contributed by atoms with van der Waals surface area (Å²) in [4.78, 5) is 9.62. The lowest BCUT2D eigenvalue weighted by molar-refractivity contribution is 1.03. The highest BCUT2D eigenvalue weighted by molar-refractivity contribution is 7.98. The lowest BCUT2D eigenvalue weighted by atomic mass is 10.2. The number of nitrogens with two attached hydrogens (primary N) is 1. The standard InChI is InChI=1S/C15H14N4S/c1-20-14-5-3-2-4-12(14)19-10-17-9-13(19)11-6-7-15(16)18-8-11/h2-10H,1H3,(H2,16,18). The predicted octanol–water partition coefficient (Wildman–Crippen LogP) is 3.24. The Hall–Kier alpha value is -2.27. The molecule has 2 aromatic heterocycles. The minimum absolute atomic E-state index is 0.518. The van der Waals surface area contributed by atoms with Gasteiger partial charge in [0.15, 0.2) is 0 Å². The molecule has 0 amide bonds. The second-order valence-corrected chi connectivity index (χ2v) is 5.14. The van der Waals surface area contributed by atoms with E-state index in [0.717, 1.165) is 16.9 Å². The Labute approximate surface area is 121 Å². The Morgan fingerprint density at radius 1 is 1.10 bits per heavy atom. The molecule has 0 spiro atoms. The van der Waals surface area contributed by atoms with Gasteiger partial charge in [-0.25, -0.2) is 9.97 Å². The van der Waals surface area contributed by atoms with Gasteiger partial charge in [-0.3, -0.25) is 4.57 Å². The molecular weight excluding hydrogens is 268 g/mol. The number of thioether (sulfide) groups is 1. The molecule has 0 fully saturated rings. The van der Waals surface area contributed by atoms with E-state index in [1.54, 1.807) is 24.0 Å². The highest BCUT2D eigenvalue weighted by atomic mass is 32.2. The molecule has 5 heteroatoms. The van der Waals surface area contributed by atoms with Crippen LogP contribution in [0.15, 0.2) is 60.0 Å². The fraction of sp³-hybridized carbons (Fsp3) is 0.0667. The summed E-state index contributed by atoms with van der Waals surface area (Å²) in [5.41, 5.74) is 8.75. The molecule has 0 radical (unpaired) electrons. The van der Waals surface area contributed by atoms with Gasteiger partial charge < -0.3 is 5.73 Å².